The average molecular weight is 1050 g/mol. The predicted octanol–water partition coefficient (Wildman–Crippen LogP) is 8.38. The van der Waals surface area contributed by atoms with Gasteiger partial charge in [0.05, 0.1) is 22.7 Å². The Kier molecular flexibility index (Phi) is 14.7. The van der Waals surface area contributed by atoms with Crippen molar-refractivity contribution in [2.75, 3.05) is 63.9 Å². The molecule has 5 aliphatic rings. The predicted molar refractivity (Wildman–Crippen MR) is 282 cm³/mol. The number of piperidine rings is 2. The van der Waals surface area contributed by atoms with Crippen LogP contribution in [0.3, 0.4) is 0 Å². The van der Waals surface area contributed by atoms with E-state index in [1.165, 1.54) is 23.8 Å². The molecule has 15 nitrogen and oxygen atoms in total. The molecule has 5 amide bonds. The first-order chi connectivity index (χ1) is 36.0. The number of aromatic nitrogens is 2. The molecule has 398 valence electrons. The number of nitrogens with two attached hydrogens (primary N) is 1. The highest BCUT2D eigenvalue weighted by molar-refractivity contribution is 6.34. The number of aliphatic hydroxyl groups excluding tert-OH is 1. The fraction of sp³-hybridized carbons (Fsp3) is 0.491. The maximum atomic E-state index is 16.5. The molecule has 5 N–H and O–H groups in total. The van der Waals surface area contributed by atoms with Gasteiger partial charge in [0.2, 0.25) is 17.7 Å². The summed E-state index contributed by atoms with van der Waals surface area (Å²) in [5, 5.41) is 20.7. The van der Waals surface area contributed by atoms with Crippen LogP contribution >= 0.6 is 11.6 Å². The first-order valence-corrected chi connectivity index (χ1v) is 26.8. The number of nitrogens with zero attached hydrogens (tertiary/aromatic N) is 5. The van der Waals surface area contributed by atoms with E-state index in [4.69, 9.17) is 31.9 Å². The molecule has 18 heteroatoms. The van der Waals surface area contributed by atoms with E-state index in [0.29, 0.717) is 36.3 Å². The number of ether oxygens (including phenoxy) is 2. The Morgan fingerprint density at radius 2 is 1.71 bits per heavy atom. The summed E-state index contributed by atoms with van der Waals surface area (Å²) < 4.78 is 46.5. The largest absolute Gasteiger partial charge is 0.488 e. The number of urea groups is 1. The number of anilines is 1. The number of benzene rings is 4. The number of rotatable bonds is 14. The monoisotopic (exact) mass is 1050 g/mol. The number of carbonyl (C=O) groups is 4. The van der Waals surface area contributed by atoms with Crippen LogP contribution in [0.15, 0.2) is 66.7 Å². The van der Waals surface area contributed by atoms with Gasteiger partial charge in [0.15, 0.2) is 23.0 Å². The number of hydrogen-bond acceptors (Lipinski definition) is 10. The van der Waals surface area contributed by atoms with Crippen molar-refractivity contribution in [3.05, 3.63) is 106 Å². The summed E-state index contributed by atoms with van der Waals surface area (Å²) in [7, 11) is 1.90. The molecular weight excluding hydrogens is 982 g/mol. The summed E-state index contributed by atoms with van der Waals surface area (Å²) in [5.74, 6) is -2.07. The van der Waals surface area contributed by atoms with Crippen molar-refractivity contribution in [2.45, 2.75) is 95.6 Å². The minimum Gasteiger partial charge on any atom is -0.488 e. The van der Waals surface area contributed by atoms with Crippen LogP contribution in [0.4, 0.5) is 19.4 Å². The first-order valence-electron chi connectivity index (χ1n) is 26.4. The third-order valence-electron chi connectivity index (χ3n) is 16.9. The maximum Gasteiger partial charge on any atom is 0.329 e. The molecule has 3 saturated heterocycles. The van der Waals surface area contributed by atoms with E-state index in [2.05, 4.69) is 52.5 Å². The van der Waals surface area contributed by atoms with Crippen molar-refractivity contribution in [1.29, 1.82) is 0 Å². The van der Waals surface area contributed by atoms with Crippen LogP contribution in [-0.2, 0) is 22.2 Å². The topological polar surface area (TPSA) is 185 Å². The number of hydrogen-bond donors (Lipinski definition) is 4. The number of carbonyl (C=O) groups excluding carboxylic acids is 4. The third kappa shape index (κ3) is 9.97. The minimum absolute atomic E-state index is 0.0147. The second kappa shape index (κ2) is 21.1. The van der Waals surface area contributed by atoms with E-state index >= 15 is 8.78 Å². The quantitative estimate of drug-likeness (QED) is 0.0843. The zero-order valence-electron chi connectivity index (χ0n) is 43.1. The second-order valence-corrected chi connectivity index (χ2v) is 22.4. The molecule has 0 radical (unpaired) electrons. The average Bonchev–Trinajstić information content (AvgIpc) is 3.90. The molecule has 5 heterocycles. The SMILES string of the molecule is CC1c2c(cc(F)c(Cl)c2-c2c(C(N)=O)ccc(OCCO)c2F)OC1(CNC1CCC(C(=O)N2CCC(CN3CCC(c4ccc5c(N6CCC(=O)NC6=O)nn(C)c5c4)C(C)(C)C3)CC2)CC1)c1ccccc1. The van der Waals surface area contributed by atoms with Crippen LogP contribution in [-0.4, -0.2) is 114 Å². The molecule has 4 fully saturated rings. The van der Waals surface area contributed by atoms with Gasteiger partial charge in [0, 0.05) is 98.8 Å². The highest BCUT2D eigenvalue weighted by Crippen LogP contribution is 2.57. The lowest BCUT2D eigenvalue weighted by molar-refractivity contribution is -0.138. The molecule has 75 heavy (non-hydrogen) atoms. The van der Waals surface area contributed by atoms with Crippen LogP contribution in [0, 0.1) is 28.9 Å². The molecule has 1 aliphatic carbocycles. The smallest absolute Gasteiger partial charge is 0.329 e. The van der Waals surface area contributed by atoms with Gasteiger partial charge in [-0.1, -0.05) is 68.8 Å². The summed E-state index contributed by atoms with van der Waals surface area (Å²) in [4.78, 5) is 57.6. The van der Waals surface area contributed by atoms with Crippen molar-refractivity contribution in [3.8, 4) is 22.6 Å². The number of amides is 5. The number of primary amides is 1. The highest BCUT2D eigenvalue weighted by Gasteiger charge is 2.50. The molecular formula is C57H67ClF2N8O7. The fourth-order valence-electron chi connectivity index (χ4n) is 13.0. The van der Waals surface area contributed by atoms with Gasteiger partial charge in [-0.15, -0.1) is 0 Å². The molecule has 10 rings (SSSR count). The van der Waals surface area contributed by atoms with Crippen molar-refractivity contribution < 1.29 is 42.5 Å². The number of halogens is 3. The Hall–Kier alpha value is -6.14. The molecule has 5 aromatic rings. The van der Waals surface area contributed by atoms with Crippen molar-refractivity contribution in [3.63, 3.8) is 0 Å². The van der Waals surface area contributed by atoms with E-state index in [9.17, 15) is 24.3 Å². The third-order valence-corrected chi connectivity index (χ3v) is 17.3. The molecule has 0 bridgehead atoms. The number of imide groups is 1. The maximum absolute atomic E-state index is 16.5. The summed E-state index contributed by atoms with van der Waals surface area (Å²) in [5.41, 5.74) is 7.56. The van der Waals surface area contributed by atoms with Gasteiger partial charge in [-0.3, -0.25) is 29.3 Å². The number of likely N-dealkylation sites (tertiary alicyclic amines) is 2. The van der Waals surface area contributed by atoms with Crippen LogP contribution in [0.25, 0.3) is 22.0 Å². The van der Waals surface area contributed by atoms with Crippen LogP contribution < -0.4 is 30.7 Å². The van der Waals surface area contributed by atoms with Crippen LogP contribution in [0.5, 0.6) is 11.5 Å². The van der Waals surface area contributed by atoms with Crippen LogP contribution in [0.2, 0.25) is 5.02 Å². The second-order valence-electron chi connectivity index (χ2n) is 22.0. The number of nitrogens with one attached hydrogen (secondary N) is 2. The number of aryl methyl sites for hydroxylation is 1. The Balaban J connectivity index is 0.744. The van der Waals surface area contributed by atoms with Crippen molar-refractivity contribution >= 4 is 52.1 Å². The van der Waals surface area contributed by atoms with E-state index in [1.54, 1.807) is 4.90 Å². The Morgan fingerprint density at radius 1 is 0.960 bits per heavy atom. The van der Waals surface area contributed by atoms with E-state index < -0.39 is 40.1 Å². The number of fused-ring (bicyclic) bond motifs is 2. The van der Waals surface area contributed by atoms with E-state index in [-0.39, 0.29) is 77.0 Å². The zero-order chi connectivity index (χ0) is 52.9. The van der Waals surface area contributed by atoms with Gasteiger partial charge in [0.25, 0.3) is 0 Å². The Labute approximate surface area is 441 Å². The summed E-state index contributed by atoms with van der Waals surface area (Å²) in [6.07, 6.45) is 6.27. The molecule has 3 unspecified atom stereocenters. The molecule has 4 aromatic carbocycles. The molecule has 4 aliphatic heterocycles. The molecule has 1 saturated carbocycles. The lowest BCUT2D eigenvalue weighted by atomic mass is 9.70. The minimum atomic E-state index is -1.10. The normalized spacial score (nSPS) is 24.3. The van der Waals surface area contributed by atoms with Crippen molar-refractivity contribution in [1.82, 2.24) is 30.2 Å². The van der Waals surface area contributed by atoms with E-state index in [1.807, 2.05) is 49.0 Å². The van der Waals surface area contributed by atoms with Crippen LogP contribution in [0.1, 0.15) is 111 Å². The summed E-state index contributed by atoms with van der Waals surface area (Å²) in [6.45, 7) is 11.1. The van der Waals surface area contributed by atoms with Crippen molar-refractivity contribution in [2.24, 2.45) is 30.0 Å². The van der Waals surface area contributed by atoms with Gasteiger partial charge in [-0.05, 0) is 104 Å². The zero-order valence-corrected chi connectivity index (χ0v) is 43.9. The Bertz CT molecular complexity index is 3010. The van der Waals surface area contributed by atoms with Gasteiger partial charge in [0.1, 0.15) is 18.2 Å². The van der Waals surface area contributed by atoms with Gasteiger partial charge in [-0.2, -0.15) is 5.10 Å². The molecule has 3 atom stereocenters. The van der Waals surface area contributed by atoms with Gasteiger partial charge in [-0.25, -0.2) is 13.6 Å². The lowest BCUT2D eigenvalue weighted by Crippen LogP contribution is -2.50. The number of aliphatic hydroxyl groups is 1. The lowest BCUT2D eigenvalue weighted by Gasteiger charge is -2.46. The Morgan fingerprint density at radius 3 is 2.40 bits per heavy atom. The summed E-state index contributed by atoms with van der Waals surface area (Å²) in [6, 6.07) is 19.4. The first kappa shape index (κ1) is 52.3. The highest BCUT2D eigenvalue weighted by atomic mass is 35.5. The molecule has 0 spiro atoms. The summed E-state index contributed by atoms with van der Waals surface area (Å²) >= 11 is 6.74. The fourth-order valence-corrected chi connectivity index (χ4v) is 13.2. The van der Waals surface area contributed by atoms with Gasteiger partial charge < -0.3 is 35.4 Å². The standard InChI is InChI=1S/C57H67ClF2N8O7/c1-33-47-45(29-42(59)50(58)49(47)48-40(52(61)71)16-17-44(51(48)60)74-27-26-69)75-57(33,37-8-6-5-7-9-37)31-62-38-13-10-35(11-14-38)54(72)67-23-18-34(19-24-67)30-66-22-20-41(56(2,3)32-66)36-12-15-39-43(28-36)65(4)64-53(39)68-25-21-46(70)63-55(68)73/h5-9,12,15-17,28-29,33-35,38,41,62,69H,10-11,13-14,18-27,30-32H2,1-4H3,(H2,61,71)(H,63,70,73). The van der Waals surface area contributed by atoms with Gasteiger partial charge >= 0.3 is 6.03 Å². The van der Waals surface area contributed by atoms with E-state index in [0.717, 1.165) is 94.1 Å². The molecule has 1 aromatic heterocycles.